The molecule has 3 fully saturated rings. The van der Waals surface area contributed by atoms with Crippen molar-refractivity contribution in [3.8, 4) is 0 Å². The second-order valence-electron chi connectivity index (χ2n) is 14.4. The fraction of sp³-hybridized carbons (Fsp3) is 0.700. The molecule has 5 rings (SSSR count). The molecule has 0 aromatic heterocycles. The van der Waals surface area contributed by atoms with Gasteiger partial charge in [-0.25, -0.2) is 4.39 Å². The van der Waals surface area contributed by atoms with Gasteiger partial charge in [0.2, 0.25) is 0 Å². The number of halogens is 1. The lowest BCUT2D eigenvalue weighted by molar-refractivity contribution is 0.155. The van der Waals surface area contributed by atoms with Crippen LogP contribution in [0.25, 0.3) is 0 Å². The molecule has 0 nitrogen and oxygen atoms in total. The second kappa shape index (κ2) is 15.7. The highest BCUT2D eigenvalue weighted by Gasteiger charge is 2.31. The van der Waals surface area contributed by atoms with E-state index >= 15 is 0 Å². The lowest BCUT2D eigenvalue weighted by Crippen LogP contribution is -2.25. The van der Waals surface area contributed by atoms with Gasteiger partial charge in [0.25, 0.3) is 0 Å². The summed E-state index contributed by atoms with van der Waals surface area (Å²) in [7, 11) is 0. The molecule has 3 aliphatic rings. The van der Waals surface area contributed by atoms with E-state index in [4.69, 9.17) is 0 Å². The van der Waals surface area contributed by atoms with Gasteiger partial charge in [-0.2, -0.15) is 0 Å². The van der Waals surface area contributed by atoms with Crippen LogP contribution < -0.4 is 0 Å². The average molecular weight is 559 g/mol. The third kappa shape index (κ3) is 8.48. The topological polar surface area (TPSA) is 0 Å². The number of aryl methyl sites for hydroxylation is 1. The van der Waals surface area contributed by atoms with Crippen molar-refractivity contribution in [2.45, 2.75) is 160 Å². The molecule has 3 saturated carbocycles. The smallest absolute Gasteiger partial charge is 0.126 e. The Morgan fingerprint density at radius 2 is 1.00 bits per heavy atom. The van der Waals surface area contributed by atoms with Crippen LogP contribution >= 0.6 is 0 Å². The zero-order chi connectivity index (χ0) is 28.4. The van der Waals surface area contributed by atoms with Gasteiger partial charge in [-0.15, -0.1) is 0 Å². The van der Waals surface area contributed by atoms with E-state index in [2.05, 4.69) is 50.2 Å². The first kappa shape index (κ1) is 30.8. The molecule has 0 saturated heterocycles. The van der Waals surface area contributed by atoms with Gasteiger partial charge < -0.3 is 0 Å². The molecular weight excluding hydrogens is 499 g/mol. The summed E-state index contributed by atoms with van der Waals surface area (Å²) >= 11 is 0. The third-order valence-electron chi connectivity index (χ3n) is 11.8. The Bertz CT molecular complexity index is 1010. The van der Waals surface area contributed by atoms with Crippen LogP contribution in [-0.2, 0) is 6.42 Å². The van der Waals surface area contributed by atoms with Gasteiger partial charge in [0, 0.05) is 0 Å². The fourth-order valence-corrected chi connectivity index (χ4v) is 8.94. The van der Waals surface area contributed by atoms with Crippen molar-refractivity contribution in [2.24, 2.45) is 17.8 Å². The maximum atomic E-state index is 14.7. The summed E-state index contributed by atoms with van der Waals surface area (Å²) < 4.78 is 14.7. The van der Waals surface area contributed by atoms with Crippen LogP contribution in [0.1, 0.15) is 176 Å². The van der Waals surface area contributed by atoms with E-state index in [1.807, 2.05) is 6.07 Å². The molecule has 2 aromatic rings. The van der Waals surface area contributed by atoms with Gasteiger partial charge in [0.1, 0.15) is 5.82 Å². The fourth-order valence-electron chi connectivity index (χ4n) is 8.94. The molecule has 0 atom stereocenters. The first-order valence-electron chi connectivity index (χ1n) is 18.0. The SMILES string of the molecule is CCCCCc1ccc(C2CCC(c3ccc(C4CCC(C5CCC(CCCCC)CC5)CC4)cc3)CC2)cc1F. The first-order chi connectivity index (χ1) is 20.1. The van der Waals surface area contributed by atoms with Gasteiger partial charge in [-0.3, -0.25) is 0 Å². The minimum atomic E-state index is 0.0236. The lowest BCUT2D eigenvalue weighted by Gasteiger charge is -2.38. The predicted molar refractivity (Wildman–Crippen MR) is 174 cm³/mol. The lowest BCUT2D eigenvalue weighted by atomic mass is 9.68. The quantitative estimate of drug-likeness (QED) is 0.227. The van der Waals surface area contributed by atoms with Crippen molar-refractivity contribution >= 4 is 0 Å². The van der Waals surface area contributed by atoms with Crippen LogP contribution in [-0.4, -0.2) is 0 Å². The molecule has 1 heteroatoms. The zero-order valence-electron chi connectivity index (χ0n) is 26.5. The highest BCUT2D eigenvalue weighted by Crippen LogP contribution is 2.45. The predicted octanol–water partition coefficient (Wildman–Crippen LogP) is 12.7. The molecule has 0 N–H and O–H groups in total. The van der Waals surface area contributed by atoms with Crippen molar-refractivity contribution < 1.29 is 4.39 Å². The highest BCUT2D eigenvalue weighted by atomic mass is 19.1. The average Bonchev–Trinajstić information content (AvgIpc) is 3.03. The maximum Gasteiger partial charge on any atom is 0.126 e. The van der Waals surface area contributed by atoms with Crippen LogP contribution in [0.4, 0.5) is 4.39 Å². The van der Waals surface area contributed by atoms with Crippen molar-refractivity contribution in [3.05, 3.63) is 70.5 Å². The van der Waals surface area contributed by atoms with Gasteiger partial charge in [-0.05, 0) is 141 Å². The van der Waals surface area contributed by atoms with Gasteiger partial charge in [0.15, 0.2) is 0 Å². The monoisotopic (exact) mass is 558 g/mol. The summed E-state index contributed by atoms with van der Waals surface area (Å²) in [6.45, 7) is 4.53. The van der Waals surface area contributed by atoms with Crippen LogP contribution in [0.5, 0.6) is 0 Å². The zero-order valence-corrected chi connectivity index (χ0v) is 26.5. The van der Waals surface area contributed by atoms with E-state index in [9.17, 15) is 4.39 Å². The van der Waals surface area contributed by atoms with Crippen molar-refractivity contribution in [3.63, 3.8) is 0 Å². The van der Waals surface area contributed by atoms with E-state index < -0.39 is 0 Å². The Kier molecular flexibility index (Phi) is 11.8. The van der Waals surface area contributed by atoms with Crippen molar-refractivity contribution in [1.29, 1.82) is 0 Å². The Labute approximate surface area is 252 Å². The van der Waals surface area contributed by atoms with Crippen molar-refractivity contribution in [2.75, 3.05) is 0 Å². The Balaban J connectivity index is 1.04. The number of hydrogen-bond donors (Lipinski definition) is 0. The van der Waals surface area contributed by atoms with Gasteiger partial charge >= 0.3 is 0 Å². The summed E-state index contributed by atoms with van der Waals surface area (Å²) in [5.74, 6) is 5.07. The van der Waals surface area contributed by atoms with Crippen molar-refractivity contribution in [1.82, 2.24) is 0 Å². The number of rotatable bonds is 12. The van der Waals surface area contributed by atoms with Crippen LogP contribution in [0.15, 0.2) is 42.5 Å². The summed E-state index contributed by atoms with van der Waals surface area (Å²) in [5.41, 5.74) is 5.26. The summed E-state index contributed by atoms with van der Waals surface area (Å²) in [4.78, 5) is 0. The molecule has 41 heavy (non-hydrogen) atoms. The molecule has 0 amide bonds. The van der Waals surface area contributed by atoms with E-state index in [0.29, 0.717) is 11.8 Å². The molecule has 0 spiro atoms. The third-order valence-corrected chi connectivity index (χ3v) is 11.8. The number of unbranched alkanes of at least 4 members (excludes halogenated alkanes) is 4. The molecule has 3 aliphatic carbocycles. The molecule has 0 radical (unpaired) electrons. The molecule has 0 aliphatic heterocycles. The normalized spacial score (nSPS) is 29.0. The van der Waals surface area contributed by atoms with Gasteiger partial charge in [0.05, 0.1) is 0 Å². The number of benzene rings is 2. The first-order valence-corrected chi connectivity index (χ1v) is 18.0. The standard InChI is InChI=1S/C40H59F/c1-3-5-7-9-30-11-13-31(14-12-30)32-15-17-33(18-16-32)34-19-21-35(22-20-34)36-23-25-37(26-24-36)39-28-27-38(40(41)29-39)10-8-6-4-2/h19-22,27-33,36-37H,3-18,23-26H2,1-2H3. The van der Waals surface area contributed by atoms with E-state index in [-0.39, 0.29) is 5.82 Å². The maximum absolute atomic E-state index is 14.7. The molecule has 0 bridgehead atoms. The van der Waals surface area contributed by atoms with Gasteiger partial charge in [-0.1, -0.05) is 102 Å². The second-order valence-corrected chi connectivity index (χ2v) is 14.4. The van der Waals surface area contributed by atoms with E-state index in [0.717, 1.165) is 42.1 Å². The Morgan fingerprint density at radius 3 is 1.54 bits per heavy atom. The summed E-state index contributed by atoms with van der Waals surface area (Å²) in [6, 6.07) is 16.0. The largest absolute Gasteiger partial charge is 0.207 e. The number of hydrogen-bond acceptors (Lipinski definition) is 0. The summed E-state index contributed by atoms with van der Waals surface area (Å²) in [5, 5.41) is 0. The highest BCUT2D eigenvalue weighted by molar-refractivity contribution is 5.31. The Hall–Kier alpha value is -1.63. The molecule has 2 aromatic carbocycles. The summed E-state index contributed by atoms with van der Waals surface area (Å²) in [6.07, 6.45) is 26.7. The molecule has 0 heterocycles. The minimum absolute atomic E-state index is 0.0236. The van der Waals surface area contributed by atoms with Crippen LogP contribution in [0, 0.1) is 23.6 Å². The molecule has 0 unspecified atom stereocenters. The molecule has 226 valence electrons. The van der Waals surface area contributed by atoms with E-state index in [1.54, 1.807) is 5.56 Å². The molecular formula is C40H59F. The van der Waals surface area contributed by atoms with Crippen LogP contribution in [0.3, 0.4) is 0 Å². The Morgan fingerprint density at radius 1 is 0.537 bits per heavy atom. The van der Waals surface area contributed by atoms with E-state index in [1.165, 1.54) is 127 Å². The van der Waals surface area contributed by atoms with Crippen LogP contribution in [0.2, 0.25) is 0 Å². The minimum Gasteiger partial charge on any atom is -0.207 e.